The van der Waals surface area contributed by atoms with Gasteiger partial charge in [-0.2, -0.15) is 0 Å². The Hall–Kier alpha value is -1.26. The molecule has 3 N–H and O–H groups in total. The lowest BCUT2D eigenvalue weighted by Gasteiger charge is -2.28. The molecule has 0 aliphatic heterocycles. The lowest BCUT2D eigenvalue weighted by atomic mass is 9.94. The number of hydrogen-bond acceptors (Lipinski definition) is 4. The highest BCUT2D eigenvalue weighted by Crippen LogP contribution is 2.30. The minimum atomic E-state index is -0.865. The third kappa shape index (κ3) is 4.40. The fraction of sp³-hybridized carbons (Fsp3) is 0.600. The number of hydrogen-bond donors (Lipinski definition) is 2. The van der Waals surface area contributed by atoms with E-state index in [1.165, 1.54) is 0 Å². The van der Waals surface area contributed by atoms with Gasteiger partial charge in [0.1, 0.15) is 6.61 Å². The molecule has 1 aromatic carbocycles. The first-order chi connectivity index (χ1) is 8.90. The SMILES string of the molecule is CCOc1cc(CN)ccc1OCC(C)(O)C(C)C. The van der Waals surface area contributed by atoms with Gasteiger partial charge in [0.15, 0.2) is 11.5 Å². The van der Waals surface area contributed by atoms with Crippen LogP contribution in [0.15, 0.2) is 18.2 Å². The van der Waals surface area contributed by atoms with Crippen LogP contribution in [0.4, 0.5) is 0 Å². The van der Waals surface area contributed by atoms with Crippen LogP contribution in [0.5, 0.6) is 11.5 Å². The fourth-order valence-corrected chi connectivity index (χ4v) is 1.46. The summed E-state index contributed by atoms with van der Waals surface area (Å²) in [5.41, 5.74) is 5.74. The van der Waals surface area contributed by atoms with E-state index >= 15 is 0 Å². The molecule has 108 valence electrons. The normalized spacial score (nSPS) is 14.3. The maximum absolute atomic E-state index is 10.2. The van der Waals surface area contributed by atoms with Gasteiger partial charge in [0, 0.05) is 6.54 Å². The first kappa shape index (κ1) is 15.8. The second-order valence-electron chi connectivity index (χ2n) is 5.22. The number of ether oxygens (including phenoxy) is 2. The van der Waals surface area contributed by atoms with Gasteiger partial charge in [-0.1, -0.05) is 19.9 Å². The molecule has 0 amide bonds. The molecule has 4 heteroatoms. The molecule has 0 radical (unpaired) electrons. The van der Waals surface area contributed by atoms with Gasteiger partial charge in [0.05, 0.1) is 12.2 Å². The largest absolute Gasteiger partial charge is 0.490 e. The van der Waals surface area contributed by atoms with Crippen molar-refractivity contribution in [2.45, 2.75) is 39.8 Å². The summed E-state index contributed by atoms with van der Waals surface area (Å²) in [4.78, 5) is 0. The number of rotatable bonds is 7. The highest BCUT2D eigenvalue weighted by Gasteiger charge is 2.26. The van der Waals surface area contributed by atoms with Crippen molar-refractivity contribution in [2.24, 2.45) is 11.7 Å². The predicted octanol–water partition coefficient (Wildman–Crippen LogP) is 2.33. The summed E-state index contributed by atoms with van der Waals surface area (Å²) in [5, 5.41) is 10.2. The van der Waals surface area contributed by atoms with Crippen LogP contribution in [-0.2, 0) is 6.54 Å². The van der Waals surface area contributed by atoms with Crippen molar-refractivity contribution in [2.75, 3.05) is 13.2 Å². The van der Waals surface area contributed by atoms with Crippen molar-refractivity contribution in [1.82, 2.24) is 0 Å². The summed E-state index contributed by atoms with van der Waals surface area (Å²) in [5.74, 6) is 1.43. The second-order valence-corrected chi connectivity index (χ2v) is 5.22. The van der Waals surface area contributed by atoms with Crippen molar-refractivity contribution >= 4 is 0 Å². The zero-order chi connectivity index (χ0) is 14.5. The minimum Gasteiger partial charge on any atom is -0.490 e. The Labute approximate surface area is 115 Å². The van der Waals surface area contributed by atoms with E-state index in [0.29, 0.717) is 24.7 Å². The average molecular weight is 267 g/mol. The molecule has 0 bridgehead atoms. The van der Waals surface area contributed by atoms with Crippen molar-refractivity contribution in [3.63, 3.8) is 0 Å². The molecule has 0 saturated carbocycles. The van der Waals surface area contributed by atoms with Gasteiger partial charge in [-0.05, 0) is 37.5 Å². The van der Waals surface area contributed by atoms with Crippen LogP contribution in [0.3, 0.4) is 0 Å². The van der Waals surface area contributed by atoms with E-state index in [4.69, 9.17) is 15.2 Å². The number of nitrogens with two attached hydrogens (primary N) is 1. The van der Waals surface area contributed by atoms with Crippen LogP contribution in [0.1, 0.15) is 33.3 Å². The summed E-state index contributed by atoms with van der Waals surface area (Å²) in [6.45, 7) is 8.87. The Morgan fingerprint density at radius 1 is 1.26 bits per heavy atom. The zero-order valence-electron chi connectivity index (χ0n) is 12.3. The van der Waals surface area contributed by atoms with E-state index in [1.54, 1.807) is 6.92 Å². The molecular weight excluding hydrogens is 242 g/mol. The lowest BCUT2D eigenvalue weighted by molar-refractivity contribution is -0.0272. The summed E-state index contributed by atoms with van der Waals surface area (Å²) in [6.07, 6.45) is 0. The number of aliphatic hydroxyl groups is 1. The van der Waals surface area contributed by atoms with Gasteiger partial charge in [-0.3, -0.25) is 0 Å². The third-order valence-corrected chi connectivity index (χ3v) is 3.31. The molecule has 0 fully saturated rings. The zero-order valence-corrected chi connectivity index (χ0v) is 12.3. The Morgan fingerprint density at radius 2 is 1.95 bits per heavy atom. The van der Waals surface area contributed by atoms with E-state index in [9.17, 15) is 5.11 Å². The van der Waals surface area contributed by atoms with Crippen LogP contribution in [-0.4, -0.2) is 23.9 Å². The van der Waals surface area contributed by atoms with Gasteiger partial charge in [-0.25, -0.2) is 0 Å². The van der Waals surface area contributed by atoms with Crippen LogP contribution in [0.2, 0.25) is 0 Å². The van der Waals surface area contributed by atoms with E-state index in [0.717, 1.165) is 5.56 Å². The Bertz CT molecular complexity index is 402. The van der Waals surface area contributed by atoms with Crippen LogP contribution in [0, 0.1) is 5.92 Å². The van der Waals surface area contributed by atoms with Crippen molar-refractivity contribution in [3.05, 3.63) is 23.8 Å². The highest BCUT2D eigenvalue weighted by atomic mass is 16.5. The van der Waals surface area contributed by atoms with E-state index in [-0.39, 0.29) is 12.5 Å². The summed E-state index contributed by atoms with van der Waals surface area (Å²) >= 11 is 0. The molecule has 0 aliphatic rings. The first-order valence-corrected chi connectivity index (χ1v) is 6.71. The Kier molecular flexibility index (Phi) is 5.63. The maximum Gasteiger partial charge on any atom is 0.161 e. The van der Waals surface area contributed by atoms with Crippen molar-refractivity contribution < 1.29 is 14.6 Å². The molecular formula is C15H25NO3. The Morgan fingerprint density at radius 3 is 2.47 bits per heavy atom. The average Bonchev–Trinajstić information content (AvgIpc) is 2.37. The standard InChI is InChI=1S/C15H25NO3/c1-5-18-14-8-12(9-16)6-7-13(14)19-10-15(4,17)11(2)3/h6-8,11,17H,5,9-10,16H2,1-4H3. The quantitative estimate of drug-likeness (QED) is 0.796. The van der Waals surface area contributed by atoms with E-state index < -0.39 is 5.60 Å². The van der Waals surface area contributed by atoms with Gasteiger partial charge < -0.3 is 20.3 Å². The molecule has 1 unspecified atom stereocenters. The van der Waals surface area contributed by atoms with Gasteiger partial charge in [-0.15, -0.1) is 0 Å². The van der Waals surface area contributed by atoms with E-state index in [1.807, 2.05) is 39.0 Å². The monoisotopic (exact) mass is 267 g/mol. The molecule has 1 rings (SSSR count). The molecule has 1 atom stereocenters. The fourth-order valence-electron chi connectivity index (χ4n) is 1.46. The molecule has 19 heavy (non-hydrogen) atoms. The van der Waals surface area contributed by atoms with Crippen LogP contribution in [0.25, 0.3) is 0 Å². The minimum absolute atomic E-state index is 0.117. The summed E-state index contributed by atoms with van der Waals surface area (Å²) in [7, 11) is 0. The van der Waals surface area contributed by atoms with Gasteiger partial charge >= 0.3 is 0 Å². The van der Waals surface area contributed by atoms with Crippen molar-refractivity contribution in [1.29, 1.82) is 0 Å². The molecule has 0 heterocycles. The van der Waals surface area contributed by atoms with E-state index in [2.05, 4.69) is 0 Å². The molecule has 0 aliphatic carbocycles. The maximum atomic E-state index is 10.2. The predicted molar refractivity (Wildman–Crippen MR) is 76.5 cm³/mol. The van der Waals surface area contributed by atoms with Gasteiger partial charge in [0.2, 0.25) is 0 Å². The molecule has 0 aromatic heterocycles. The van der Waals surface area contributed by atoms with Gasteiger partial charge in [0.25, 0.3) is 0 Å². The third-order valence-electron chi connectivity index (χ3n) is 3.31. The van der Waals surface area contributed by atoms with Crippen molar-refractivity contribution in [3.8, 4) is 11.5 Å². The van der Waals surface area contributed by atoms with Crippen LogP contribution >= 0.6 is 0 Å². The molecule has 4 nitrogen and oxygen atoms in total. The lowest BCUT2D eigenvalue weighted by Crippen LogP contribution is -2.37. The first-order valence-electron chi connectivity index (χ1n) is 6.71. The van der Waals surface area contributed by atoms with Crippen LogP contribution < -0.4 is 15.2 Å². The summed E-state index contributed by atoms with van der Waals surface area (Å²) < 4.78 is 11.2. The summed E-state index contributed by atoms with van der Waals surface area (Å²) in [6, 6.07) is 5.62. The highest BCUT2D eigenvalue weighted by molar-refractivity contribution is 5.43. The molecule has 0 saturated heterocycles. The number of benzene rings is 1. The smallest absolute Gasteiger partial charge is 0.161 e. The Balaban J connectivity index is 2.82. The topological polar surface area (TPSA) is 64.7 Å². The second kappa shape index (κ2) is 6.78. The molecule has 1 aromatic rings. The molecule has 0 spiro atoms.